The average Bonchev–Trinajstić information content (AvgIpc) is 3.28. The summed E-state index contributed by atoms with van der Waals surface area (Å²) in [6.07, 6.45) is 1.44. The number of nitrogens with zero attached hydrogens (tertiary/aromatic N) is 2. The van der Waals surface area contributed by atoms with Crippen LogP contribution in [0, 0.1) is 11.8 Å². The van der Waals surface area contributed by atoms with Gasteiger partial charge < -0.3 is 29.2 Å². The molecule has 0 radical (unpaired) electrons. The Hall–Kier alpha value is -2.59. The highest BCUT2D eigenvalue weighted by molar-refractivity contribution is 6.62. The quantitative estimate of drug-likeness (QED) is 0.635. The normalized spacial score (nSPS) is 27.3. The largest absolute Gasteiger partial charge is 0.494 e. The van der Waals surface area contributed by atoms with Crippen molar-refractivity contribution in [2.45, 2.75) is 83.7 Å². The van der Waals surface area contributed by atoms with Gasteiger partial charge in [-0.05, 0) is 64.1 Å². The van der Waals surface area contributed by atoms with Crippen LogP contribution in [0.25, 0.3) is 11.0 Å². The van der Waals surface area contributed by atoms with E-state index >= 15 is 0 Å². The lowest BCUT2D eigenvalue weighted by molar-refractivity contribution is -0.174. The van der Waals surface area contributed by atoms with Crippen LogP contribution in [0.15, 0.2) is 18.2 Å². The number of H-pyrrole nitrogens is 1. The molecular weight excluding hydrogens is 447 g/mol. The second kappa shape index (κ2) is 8.23. The number of hydrogen-bond donors (Lipinski definition) is 2. The fraction of sp³-hybridized carbons (Fsp3) is 0.640. The monoisotopic (exact) mass is 482 g/mol. The number of hydrogen-bond acceptors (Lipinski definition) is 6. The Morgan fingerprint density at radius 1 is 1.20 bits per heavy atom. The number of nitrogens with one attached hydrogen (secondary N) is 2. The van der Waals surface area contributed by atoms with Gasteiger partial charge in [0.05, 0.1) is 35.4 Å². The van der Waals surface area contributed by atoms with Gasteiger partial charge in [0.1, 0.15) is 11.9 Å². The lowest BCUT2D eigenvalue weighted by Crippen LogP contribution is -2.69. The Morgan fingerprint density at radius 2 is 1.89 bits per heavy atom. The molecule has 3 fully saturated rings. The van der Waals surface area contributed by atoms with Gasteiger partial charge in [-0.25, -0.2) is 9.78 Å². The molecule has 2 N–H and O–H groups in total. The molecule has 0 bridgehead atoms. The summed E-state index contributed by atoms with van der Waals surface area (Å²) >= 11 is 0. The lowest BCUT2D eigenvalue weighted by atomic mass is 9.64. The van der Waals surface area contributed by atoms with E-state index in [-0.39, 0.29) is 23.9 Å². The van der Waals surface area contributed by atoms with Crippen LogP contribution in [-0.2, 0) is 18.8 Å². The van der Waals surface area contributed by atoms with Crippen molar-refractivity contribution in [3.05, 3.63) is 24.0 Å². The van der Waals surface area contributed by atoms with Crippen molar-refractivity contribution < 1.29 is 23.6 Å². The molecule has 188 valence electrons. The van der Waals surface area contributed by atoms with Crippen LogP contribution in [-0.4, -0.2) is 64.4 Å². The molecule has 5 rings (SSSR count). The number of aromatic amines is 1. The molecule has 1 aromatic carbocycles. The highest BCUT2D eigenvalue weighted by atomic mass is 16.7. The Labute approximate surface area is 206 Å². The van der Waals surface area contributed by atoms with E-state index in [2.05, 4.69) is 10.3 Å². The minimum atomic E-state index is -0.647. The summed E-state index contributed by atoms with van der Waals surface area (Å²) in [5, 5.41) is 2.71. The topological polar surface area (TPSA) is 106 Å². The molecule has 3 aliphatic rings. The predicted octanol–water partition coefficient (Wildman–Crippen LogP) is 2.90. The molecule has 35 heavy (non-hydrogen) atoms. The van der Waals surface area contributed by atoms with Gasteiger partial charge in [0.2, 0.25) is 5.91 Å². The number of ether oxygens (including phenoxy) is 1. The van der Waals surface area contributed by atoms with Gasteiger partial charge in [0.15, 0.2) is 0 Å². The Bertz CT molecular complexity index is 1150. The molecule has 9 nitrogen and oxygen atoms in total. The van der Waals surface area contributed by atoms with Crippen LogP contribution in [0.1, 0.15) is 66.3 Å². The van der Waals surface area contributed by atoms with Crippen LogP contribution in [0.5, 0.6) is 0 Å². The summed E-state index contributed by atoms with van der Waals surface area (Å²) in [6, 6.07) is 5.39. The molecule has 4 atom stereocenters. The molecule has 0 spiro atoms. The fourth-order valence-electron chi connectivity index (χ4n) is 5.34. The second-order valence-electron chi connectivity index (χ2n) is 11.3. The van der Waals surface area contributed by atoms with E-state index < -0.39 is 30.5 Å². The molecule has 10 heteroatoms. The molecule has 1 aliphatic carbocycles. The van der Waals surface area contributed by atoms with Crippen LogP contribution in [0.4, 0.5) is 4.79 Å². The molecule has 2 amide bonds. The molecule has 3 heterocycles. The summed E-state index contributed by atoms with van der Waals surface area (Å²) in [4.78, 5) is 35.6. The van der Waals surface area contributed by atoms with E-state index in [1.807, 2.05) is 64.6 Å². The predicted molar refractivity (Wildman–Crippen MR) is 132 cm³/mol. The SMILES string of the molecule is COC(=O)N[C@H](C(=O)N1[C@@H]2CCC2[C@H]1c1nc2ccc(B3OC(C)(C)C(C)(C)O3)cc2[nH]1)C(C)C. The van der Waals surface area contributed by atoms with Crippen molar-refractivity contribution >= 4 is 35.6 Å². The smallest absolute Gasteiger partial charge is 0.453 e. The first-order valence-corrected chi connectivity index (χ1v) is 12.5. The number of carbonyl (C=O) groups is 2. The number of carbonyl (C=O) groups excluding carboxylic acids is 2. The van der Waals surface area contributed by atoms with E-state index in [0.717, 1.165) is 35.2 Å². The van der Waals surface area contributed by atoms with Crippen molar-refractivity contribution in [3.63, 3.8) is 0 Å². The molecule has 2 saturated heterocycles. The zero-order valence-corrected chi connectivity index (χ0v) is 21.5. The average molecular weight is 482 g/mol. The van der Waals surface area contributed by atoms with Crippen LogP contribution < -0.4 is 10.8 Å². The molecule has 1 saturated carbocycles. The number of fused-ring (bicyclic) bond motifs is 2. The van der Waals surface area contributed by atoms with Crippen molar-refractivity contribution in [3.8, 4) is 0 Å². The maximum Gasteiger partial charge on any atom is 0.494 e. The van der Waals surface area contributed by atoms with Gasteiger partial charge in [-0.1, -0.05) is 19.9 Å². The number of rotatable bonds is 5. The summed E-state index contributed by atoms with van der Waals surface area (Å²) in [6.45, 7) is 12.0. The van der Waals surface area contributed by atoms with Crippen molar-refractivity contribution in [2.24, 2.45) is 11.8 Å². The van der Waals surface area contributed by atoms with E-state index in [4.69, 9.17) is 19.0 Å². The van der Waals surface area contributed by atoms with Crippen molar-refractivity contribution in [1.82, 2.24) is 20.2 Å². The lowest BCUT2D eigenvalue weighted by Gasteiger charge is -2.61. The minimum absolute atomic E-state index is 0.0699. The Balaban J connectivity index is 1.40. The number of alkyl carbamates (subject to hydrolysis) is 1. The number of piperidine rings is 1. The minimum Gasteiger partial charge on any atom is -0.453 e. The van der Waals surface area contributed by atoms with Crippen LogP contribution >= 0.6 is 0 Å². The Kier molecular flexibility index (Phi) is 5.67. The summed E-state index contributed by atoms with van der Waals surface area (Å²) < 4.78 is 17.2. The third kappa shape index (κ3) is 3.81. The third-order valence-corrected chi connectivity index (χ3v) is 8.33. The number of amides is 2. The summed E-state index contributed by atoms with van der Waals surface area (Å²) in [7, 11) is 0.850. The fourth-order valence-corrected chi connectivity index (χ4v) is 5.34. The number of benzene rings is 1. The number of imidazole rings is 1. The first-order valence-electron chi connectivity index (χ1n) is 12.5. The van der Waals surface area contributed by atoms with Gasteiger partial charge in [-0.2, -0.15) is 0 Å². The number of methoxy groups -OCH3 is 1. The third-order valence-electron chi connectivity index (χ3n) is 8.33. The molecule has 1 unspecified atom stereocenters. The molecular formula is C25H35BN4O5. The Morgan fingerprint density at radius 3 is 2.46 bits per heavy atom. The number of aromatic nitrogens is 2. The van der Waals surface area contributed by atoms with Gasteiger partial charge >= 0.3 is 13.2 Å². The highest BCUT2D eigenvalue weighted by Gasteiger charge is 2.58. The van der Waals surface area contributed by atoms with E-state index in [1.165, 1.54) is 7.11 Å². The maximum absolute atomic E-state index is 13.5. The first kappa shape index (κ1) is 24.1. The molecule has 2 aliphatic heterocycles. The van der Waals surface area contributed by atoms with Gasteiger partial charge in [-0.15, -0.1) is 0 Å². The standard InChI is InChI=1S/C25H35BN4O5/c1-13(2)19(29-23(32)33-7)22(31)30-18-11-9-15(18)20(30)21-27-16-10-8-14(12-17(16)28-21)26-34-24(3,4)25(5,6)35-26/h8,10,12-13,15,18-20H,9,11H2,1-7H3,(H,27,28)(H,29,32)/t15?,18-,19+,20+/m1/s1. The summed E-state index contributed by atoms with van der Waals surface area (Å²) in [5.41, 5.74) is 1.82. The second-order valence-corrected chi connectivity index (χ2v) is 11.3. The zero-order chi connectivity index (χ0) is 25.3. The first-order chi connectivity index (χ1) is 16.4. The maximum atomic E-state index is 13.5. The van der Waals surface area contributed by atoms with E-state index in [1.54, 1.807) is 0 Å². The summed E-state index contributed by atoms with van der Waals surface area (Å²) in [5.74, 6) is 1.00. The van der Waals surface area contributed by atoms with Crippen molar-refractivity contribution in [1.29, 1.82) is 0 Å². The highest BCUT2D eigenvalue weighted by Crippen LogP contribution is 2.55. The zero-order valence-electron chi connectivity index (χ0n) is 21.5. The van der Waals surface area contributed by atoms with Crippen LogP contribution in [0.2, 0.25) is 0 Å². The van der Waals surface area contributed by atoms with Gasteiger partial charge in [0.25, 0.3) is 0 Å². The molecule has 1 aromatic heterocycles. The van der Waals surface area contributed by atoms with Crippen LogP contribution in [0.3, 0.4) is 0 Å². The van der Waals surface area contributed by atoms with E-state index in [0.29, 0.717) is 5.92 Å². The molecule has 2 aromatic rings. The van der Waals surface area contributed by atoms with E-state index in [9.17, 15) is 9.59 Å². The van der Waals surface area contributed by atoms with Gasteiger partial charge in [0, 0.05) is 12.0 Å². The van der Waals surface area contributed by atoms with Gasteiger partial charge in [-0.3, -0.25) is 4.79 Å². The van der Waals surface area contributed by atoms with Crippen molar-refractivity contribution in [2.75, 3.05) is 7.11 Å². The number of likely N-dealkylation sites (tertiary alicyclic amines) is 1.